The van der Waals surface area contributed by atoms with Gasteiger partial charge in [0.05, 0.1) is 3.57 Å². The van der Waals surface area contributed by atoms with Gasteiger partial charge in [0, 0.05) is 0 Å². The lowest BCUT2D eigenvalue weighted by Crippen LogP contribution is -1.84. The summed E-state index contributed by atoms with van der Waals surface area (Å²) in [5.41, 5.74) is 0.470. The van der Waals surface area contributed by atoms with Crippen LogP contribution in [-0.4, -0.2) is 5.11 Å². The van der Waals surface area contributed by atoms with E-state index in [1.165, 1.54) is 0 Å². The van der Waals surface area contributed by atoms with Crippen LogP contribution in [0.1, 0.15) is 5.56 Å². The van der Waals surface area contributed by atoms with Crippen LogP contribution in [0, 0.1) is 16.3 Å². The second kappa shape index (κ2) is 2.74. The van der Waals surface area contributed by atoms with Crippen LogP contribution in [0.15, 0.2) is 12.1 Å². The normalized spacial score (nSPS) is 9.90. The van der Waals surface area contributed by atoms with E-state index in [9.17, 15) is 4.39 Å². The number of phenolic OH excluding ortho intramolecular Hbond substituents is 1. The number of rotatable bonds is 0. The first-order valence-corrected chi connectivity index (χ1v) is 3.84. The highest BCUT2D eigenvalue weighted by molar-refractivity contribution is 14.1. The predicted octanol–water partition coefficient (Wildman–Crippen LogP) is 2.44. The minimum atomic E-state index is -0.521. The SMILES string of the molecule is Cc1ccc(I)c(O)c1F. The van der Waals surface area contributed by atoms with E-state index in [1.54, 1.807) is 19.1 Å². The Bertz CT molecular complexity index is 233. The lowest BCUT2D eigenvalue weighted by Gasteiger charge is -1.99. The van der Waals surface area contributed by atoms with Crippen LogP contribution >= 0.6 is 22.6 Å². The van der Waals surface area contributed by atoms with Gasteiger partial charge in [-0.2, -0.15) is 0 Å². The van der Waals surface area contributed by atoms with E-state index < -0.39 is 5.82 Å². The summed E-state index contributed by atoms with van der Waals surface area (Å²) in [5.74, 6) is -0.771. The molecule has 0 saturated heterocycles. The number of phenols is 1. The summed E-state index contributed by atoms with van der Waals surface area (Å²) in [6.07, 6.45) is 0. The molecule has 10 heavy (non-hydrogen) atoms. The molecule has 54 valence electrons. The number of hydrogen-bond acceptors (Lipinski definition) is 1. The molecule has 0 saturated carbocycles. The number of benzene rings is 1. The average Bonchev–Trinajstić information content (AvgIpc) is 1.93. The van der Waals surface area contributed by atoms with Gasteiger partial charge in [-0.25, -0.2) is 4.39 Å². The Morgan fingerprint density at radius 1 is 1.50 bits per heavy atom. The van der Waals surface area contributed by atoms with Crippen LogP contribution in [0.5, 0.6) is 5.75 Å². The zero-order valence-corrected chi connectivity index (χ0v) is 7.52. The van der Waals surface area contributed by atoms with Crippen molar-refractivity contribution in [2.24, 2.45) is 0 Å². The fourth-order valence-corrected chi connectivity index (χ4v) is 1.06. The van der Waals surface area contributed by atoms with Crippen molar-refractivity contribution in [1.29, 1.82) is 0 Å². The van der Waals surface area contributed by atoms with Crippen molar-refractivity contribution >= 4 is 22.6 Å². The van der Waals surface area contributed by atoms with Crippen molar-refractivity contribution in [2.75, 3.05) is 0 Å². The standard InChI is InChI=1S/C7H6FIO/c1-4-2-3-5(9)7(10)6(4)8/h2-3,10H,1H3. The largest absolute Gasteiger partial charge is 0.504 e. The van der Waals surface area contributed by atoms with Gasteiger partial charge in [-0.3, -0.25) is 0 Å². The third-order valence-corrected chi connectivity index (χ3v) is 2.13. The smallest absolute Gasteiger partial charge is 0.168 e. The quantitative estimate of drug-likeness (QED) is 0.703. The molecular formula is C7H6FIO. The molecule has 0 spiro atoms. The number of hydrogen-bond donors (Lipinski definition) is 1. The number of aromatic hydroxyl groups is 1. The van der Waals surface area contributed by atoms with Crippen molar-refractivity contribution in [3.8, 4) is 5.75 Å². The molecule has 0 aliphatic heterocycles. The first-order valence-electron chi connectivity index (χ1n) is 2.76. The second-order valence-corrected chi connectivity index (χ2v) is 3.19. The number of halogens is 2. The molecule has 0 amide bonds. The summed E-state index contributed by atoms with van der Waals surface area (Å²) < 4.78 is 13.3. The van der Waals surface area contributed by atoms with Gasteiger partial charge in [0.1, 0.15) is 0 Å². The van der Waals surface area contributed by atoms with Crippen LogP contribution in [0.2, 0.25) is 0 Å². The maximum Gasteiger partial charge on any atom is 0.168 e. The number of aryl methyl sites for hydroxylation is 1. The summed E-state index contributed by atoms with van der Waals surface area (Å²) in [6, 6.07) is 3.31. The van der Waals surface area contributed by atoms with Gasteiger partial charge in [-0.15, -0.1) is 0 Å². The molecule has 0 aliphatic rings. The van der Waals surface area contributed by atoms with Gasteiger partial charge < -0.3 is 5.11 Å². The Hall–Kier alpha value is -0.320. The lowest BCUT2D eigenvalue weighted by molar-refractivity contribution is 0.426. The van der Waals surface area contributed by atoms with E-state index in [-0.39, 0.29) is 5.75 Å². The van der Waals surface area contributed by atoms with Crippen molar-refractivity contribution in [1.82, 2.24) is 0 Å². The summed E-state index contributed by atoms with van der Waals surface area (Å²) in [6.45, 7) is 1.62. The summed E-state index contributed by atoms with van der Waals surface area (Å²) >= 11 is 1.88. The van der Waals surface area contributed by atoms with Crippen LogP contribution in [0.3, 0.4) is 0 Å². The monoisotopic (exact) mass is 252 g/mol. The van der Waals surface area contributed by atoms with Gasteiger partial charge in [0.2, 0.25) is 0 Å². The Morgan fingerprint density at radius 2 is 2.10 bits per heavy atom. The Labute approximate surface area is 72.0 Å². The minimum Gasteiger partial charge on any atom is -0.504 e. The minimum absolute atomic E-state index is 0.249. The Balaban J connectivity index is 3.34. The molecule has 0 bridgehead atoms. The fourth-order valence-electron chi connectivity index (χ4n) is 0.642. The summed E-state index contributed by atoms with van der Waals surface area (Å²) in [5, 5.41) is 9.00. The van der Waals surface area contributed by atoms with Crippen molar-refractivity contribution in [2.45, 2.75) is 6.92 Å². The van der Waals surface area contributed by atoms with Crippen LogP contribution in [-0.2, 0) is 0 Å². The molecule has 0 heterocycles. The molecule has 0 fully saturated rings. The highest BCUT2D eigenvalue weighted by atomic mass is 127. The third kappa shape index (κ3) is 1.23. The molecule has 0 aromatic heterocycles. The lowest BCUT2D eigenvalue weighted by atomic mass is 10.2. The molecule has 1 aromatic carbocycles. The van der Waals surface area contributed by atoms with Crippen molar-refractivity contribution in [3.63, 3.8) is 0 Å². The van der Waals surface area contributed by atoms with Gasteiger partial charge in [0.15, 0.2) is 11.6 Å². The molecule has 0 atom stereocenters. The first kappa shape index (κ1) is 7.78. The van der Waals surface area contributed by atoms with E-state index in [4.69, 9.17) is 5.11 Å². The molecule has 1 N–H and O–H groups in total. The van der Waals surface area contributed by atoms with Crippen molar-refractivity contribution < 1.29 is 9.50 Å². The van der Waals surface area contributed by atoms with Gasteiger partial charge >= 0.3 is 0 Å². The van der Waals surface area contributed by atoms with E-state index in [0.717, 1.165) is 0 Å². The van der Waals surface area contributed by atoms with E-state index in [0.29, 0.717) is 9.13 Å². The van der Waals surface area contributed by atoms with E-state index in [1.807, 2.05) is 22.6 Å². The molecule has 0 aliphatic carbocycles. The van der Waals surface area contributed by atoms with Gasteiger partial charge in [-0.05, 0) is 41.1 Å². The van der Waals surface area contributed by atoms with Gasteiger partial charge in [-0.1, -0.05) is 6.07 Å². The summed E-state index contributed by atoms with van der Waals surface area (Å²) in [4.78, 5) is 0. The van der Waals surface area contributed by atoms with Crippen molar-refractivity contribution in [3.05, 3.63) is 27.1 Å². The highest BCUT2D eigenvalue weighted by Crippen LogP contribution is 2.24. The molecule has 1 aromatic rings. The molecule has 1 nitrogen and oxygen atoms in total. The van der Waals surface area contributed by atoms with E-state index in [2.05, 4.69) is 0 Å². The fraction of sp³-hybridized carbons (Fsp3) is 0.143. The second-order valence-electron chi connectivity index (χ2n) is 2.03. The van der Waals surface area contributed by atoms with Crippen LogP contribution < -0.4 is 0 Å². The van der Waals surface area contributed by atoms with Gasteiger partial charge in [0.25, 0.3) is 0 Å². The molecule has 1 rings (SSSR count). The zero-order chi connectivity index (χ0) is 7.72. The first-order chi connectivity index (χ1) is 4.63. The zero-order valence-electron chi connectivity index (χ0n) is 5.36. The molecule has 0 radical (unpaired) electrons. The third-order valence-electron chi connectivity index (χ3n) is 1.26. The van der Waals surface area contributed by atoms with Crippen LogP contribution in [0.25, 0.3) is 0 Å². The molecular weight excluding hydrogens is 246 g/mol. The highest BCUT2D eigenvalue weighted by Gasteiger charge is 2.06. The Morgan fingerprint density at radius 3 is 2.60 bits per heavy atom. The summed E-state index contributed by atoms with van der Waals surface area (Å²) in [7, 11) is 0. The molecule has 3 heteroatoms. The topological polar surface area (TPSA) is 20.2 Å². The predicted molar refractivity (Wildman–Crippen MR) is 45.5 cm³/mol. The van der Waals surface area contributed by atoms with E-state index >= 15 is 0 Å². The van der Waals surface area contributed by atoms with Crippen LogP contribution in [0.4, 0.5) is 4.39 Å². The Kier molecular flexibility index (Phi) is 2.13. The maximum absolute atomic E-state index is 12.7. The maximum atomic E-state index is 12.7. The average molecular weight is 252 g/mol. The molecule has 0 unspecified atom stereocenters.